The summed E-state index contributed by atoms with van der Waals surface area (Å²) in [5.41, 5.74) is 5.54. The molecule has 0 saturated carbocycles. The number of ether oxygens (including phenoxy) is 1. The zero-order valence-corrected chi connectivity index (χ0v) is 18.1. The van der Waals surface area contributed by atoms with Crippen LogP contribution in [0.2, 0.25) is 0 Å². The van der Waals surface area contributed by atoms with Crippen molar-refractivity contribution in [3.05, 3.63) is 46.8 Å². The van der Waals surface area contributed by atoms with Crippen molar-refractivity contribution in [2.24, 2.45) is 5.92 Å². The number of nitrogens with zero attached hydrogens (tertiary/aromatic N) is 3. The first-order valence-electron chi connectivity index (χ1n) is 10.1. The Morgan fingerprint density at radius 1 is 0.967 bits per heavy atom. The summed E-state index contributed by atoms with van der Waals surface area (Å²) in [5, 5.41) is 26.9. The number of aliphatic hydroxyl groups is 2. The number of aliphatic hydroxyl groups excluding tert-OH is 2. The van der Waals surface area contributed by atoms with Crippen LogP contribution in [0.3, 0.4) is 0 Å². The van der Waals surface area contributed by atoms with Gasteiger partial charge in [0.05, 0.1) is 12.2 Å². The van der Waals surface area contributed by atoms with Crippen molar-refractivity contribution in [3.63, 3.8) is 0 Å². The van der Waals surface area contributed by atoms with E-state index in [0.717, 1.165) is 39.9 Å². The van der Waals surface area contributed by atoms with Gasteiger partial charge in [-0.25, -0.2) is 0 Å². The monoisotopic (exact) mass is 411 g/mol. The van der Waals surface area contributed by atoms with Crippen molar-refractivity contribution >= 4 is 0 Å². The first-order chi connectivity index (χ1) is 14.3. The van der Waals surface area contributed by atoms with Crippen molar-refractivity contribution in [2.45, 2.75) is 47.1 Å². The van der Waals surface area contributed by atoms with Crippen LogP contribution in [0.15, 0.2) is 28.8 Å². The highest BCUT2D eigenvalue weighted by Crippen LogP contribution is 2.31. The summed E-state index contributed by atoms with van der Waals surface area (Å²) in [6.07, 6.45) is 1.80. The Balaban J connectivity index is 1.83. The van der Waals surface area contributed by atoms with Gasteiger partial charge < -0.3 is 19.4 Å². The van der Waals surface area contributed by atoms with E-state index >= 15 is 0 Å². The van der Waals surface area contributed by atoms with Gasteiger partial charge in [-0.05, 0) is 68.0 Å². The first kappa shape index (κ1) is 21.9. The van der Waals surface area contributed by atoms with Gasteiger partial charge in [0.15, 0.2) is 0 Å². The number of aryl methyl sites for hydroxylation is 3. The SMILES string of the molecule is Cc1cc(-c2nnc(-c3cc(C)c(OCC(O)CO)c(C)c3)o2)cnc1CC(C)C. The second kappa shape index (κ2) is 9.36. The highest BCUT2D eigenvalue weighted by Gasteiger charge is 2.16. The molecule has 3 aromatic rings. The van der Waals surface area contributed by atoms with Gasteiger partial charge in [0.25, 0.3) is 0 Å². The van der Waals surface area contributed by atoms with Crippen LogP contribution in [0, 0.1) is 26.7 Å². The minimum absolute atomic E-state index is 0.0292. The minimum Gasteiger partial charge on any atom is -0.490 e. The van der Waals surface area contributed by atoms with E-state index < -0.39 is 6.10 Å². The third-order valence-electron chi connectivity index (χ3n) is 4.80. The maximum Gasteiger partial charge on any atom is 0.249 e. The molecule has 160 valence electrons. The average molecular weight is 412 g/mol. The Labute approximate surface area is 176 Å². The van der Waals surface area contributed by atoms with Crippen LogP contribution in [0.25, 0.3) is 22.9 Å². The van der Waals surface area contributed by atoms with Crippen molar-refractivity contribution < 1.29 is 19.4 Å². The van der Waals surface area contributed by atoms with Crippen molar-refractivity contribution in [3.8, 4) is 28.7 Å². The van der Waals surface area contributed by atoms with Crippen LogP contribution in [0.4, 0.5) is 0 Å². The highest BCUT2D eigenvalue weighted by atomic mass is 16.5. The van der Waals surface area contributed by atoms with E-state index in [1.165, 1.54) is 0 Å². The van der Waals surface area contributed by atoms with Gasteiger partial charge in [0, 0.05) is 17.5 Å². The lowest BCUT2D eigenvalue weighted by Crippen LogP contribution is -2.21. The predicted molar refractivity (Wildman–Crippen MR) is 114 cm³/mol. The number of benzene rings is 1. The lowest BCUT2D eigenvalue weighted by atomic mass is 10.0. The molecule has 0 aliphatic heterocycles. The Morgan fingerprint density at radius 3 is 2.13 bits per heavy atom. The number of rotatable bonds is 8. The molecule has 2 N–H and O–H groups in total. The molecule has 1 aromatic carbocycles. The Kier molecular flexibility index (Phi) is 6.84. The van der Waals surface area contributed by atoms with Gasteiger partial charge in [0.2, 0.25) is 11.8 Å². The highest BCUT2D eigenvalue weighted by molar-refractivity contribution is 5.62. The van der Waals surface area contributed by atoms with Gasteiger partial charge in [0.1, 0.15) is 18.5 Å². The summed E-state index contributed by atoms with van der Waals surface area (Å²) in [5.74, 6) is 2.06. The largest absolute Gasteiger partial charge is 0.490 e. The average Bonchev–Trinajstić information content (AvgIpc) is 3.18. The van der Waals surface area contributed by atoms with Crippen molar-refractivity contribution in [1.82, 2.24) is 15.2 Å². The molecule has 0 saturated heterocycles. The second-order valence-corrected chi connectivity index (χ2v) is 8.08. The van der Waals surface area contributed by atoms with Crippen LogP contribution in [0.1, 0.15) is 36.2 Å². The molecule has 0 fully saturated rings. The Bertz CT molecular complexity index is 990. The molecule has 0 amide bonds. The molecule has 0 radical (unpaired) electrons. The molecule has 0 bridgehead atoms. The zero-order valence-electron chi connectivity index (χ0n) is 18.1. The van der Waals surface area contributed by atoms with Crippen molar-refractivity contribution in [2.75, 3.05) is 13.2 Å². The van der Waals surface area contributed by atoms with Gasteiger partial charge in [-0.15, -0.1) is 10.2 Å². The van der Waals surface area contributed by atoms with E-state index in [1.54, 1.807) is 6.20 Å². The minimum atomic E-state index is -0.911. The lowest BCUT2D eigenvalue weighted by Gasteiger charge is -2.15. The van der Waals surface area contributed by atoms with Gasteiger partial charge >= 0.3 is 0 Å². The molecule has 30 heavy (non-hydrogen) atoms. The quantitative estimate of drug-likeness (QED) is 0.583. The summed E-state index contributed by atoms with van der Waals surface area (Å²) in [6.45, 7) is 9.91. The van der Waals surface area contributed by atoms with E-state index in [-0.39, 0.29) is 13.2 Å². The summed E-state index contributed by atoms with van der Waals surface area (Å²) in [7, 11) is 0. The molecule has 7 heteroatoms. The summed E-state index contributed by atoms with van der Waals surface area (Å²) in [4.78, 5) is 4.58. The third kappa shape index (κ3) is 5.04. The number of pyridine rings is 1. The van der Waals surface area contributed by atoms with E-state index in [1.807, 2.05) is 39.0 Å². The van der Waals surface area contributed by atoms with Crippen LogP contribution in [-0.4, -0.2) is 44.7 Å². The normalized spacial score (nSPS) is 12.4. The molecule has 1 unspecified atom stereocenters. The molecule has 0 aliphatic carbocycles. The second-order valence-electron chi connectivity index (χ2n) is 8.08. The molecule has 0 aliphatic rings. The lowest BCUT2D eigenvalue weighted by molar-refractivity contribution is 0.0532. The Morgan fingerprint density at radius 2 is 1.57 bits per heavy atom. The molecular formula is C23H29N3O4. The fourth-order valence-electron chi connectivity index (χ4n) is 3.31. The fraction of sp³-hybridized carbons (Fsp3) is 0.435. The summed E-state index contributed by atoms with van der Waals surface area (Å²) < 4.78 is 11.6. The molecule has 7 nitrogen and oxygen atoms in total. The van der Waals surface area contributed by atoms with Gasteiger partial charge in [-0.1, -0.05) is 13.8 Å². The molecule has 3 rings (SSSR count). The molecule has 2 heterocycles. The molecule has 0 spiro atoms. The zero-order chi connectivity index (χ0) is 21.8. The van der Waals surface area contributed by atoms with E-state index in [2.05, 4.69) is 29.0 Å². The predicted octanol–water partition coefficient (Wildman–Crippen LogP) is 3.65. The van der Waals surface area contributed by atoms with Crippen LogP contribution in [0.5, 0.6) is 5.75 Å². The molecule has 2 aromatic heterocycles. The first-order valence-corrected chi connectivity index (χ1v) is 10.1. The smallest absolute Gasteiger partial charge is 0.249 e. The summed E-state index contributed by atoms with van der Waals surface area (Å²) in [6, 6.07) is 5.84. The number of aromatic nitrogens is 3. The van der Waals surface area contributed by atoms with Crippen LogP contribution >= 0.6 is 0 Å². The maximum absolute atomic E-state index is 9.51. The van der Waals surface area contributed by atoms with E-state index in [4.69, 9.17) is 14.3 Å². The van der Waals surface area contributed by atoms with Gasteiger partial charge in [-0.3, -0.25) is 4.98 Å². The standard InChI is InChI=1S/C23H29N3O4/c1-13(2)6-20-14(3)7-18(10-24-20)23-26-25-22(30-23)17-8-15(4)21(16(5)9-17)29-12-19(28)11-27/h7-10,13,19,27-28H,6,11-12H2,1-5H3. The molecular weight excluding hydrogens is 382 g/mol. The third-order valence-corrected chi connectivity index (χ3v) is 4.80. The number of hydrogen-bond acceptors (Lipinski definition) is 7. The molecule has 1 atom stereocenters. The van der Waals surface area contributed by atoms with E-state index in [9.17, 15) is 5.11 Å². The maximum atomic E-state index is 9.51. The topological polar surface area (TPSA) is 102 Å². The van der Waals surface area contributed by atoms with Crippen molar-refractivity contribution in [1.29, 1.82) is 0 Å². The van der Waals surface area contributed by atoms with Gasteiger partial charge in [-0.2, -0.15) is 0 Å². The Hall–Kier alpha value is -2.77. The number of hydrogen-bond donors (Lipinski definition) is 2. The van der Waals surface area contributed by atoms with Crippen LogP contribution < -0.4 is 4.74 Å². The summed E-state index contributed by atoms with van der Waals surface area (Å²) >= 11 is 0. The van der Waals surface area contributed by atoms with Crippen LogP contribution in [-0.2, 0) is 6.42 Å². The van der Waals surface area contributed by atoms with E-state index in [0.29, 0.717) is 23.4 Å². The fourth-order valence-corrected chi connectivity index (χ4v) is 3.31.